The second-order valence-electron chi connectivity index (χ2n) is 9.42. The molecular formula is C25H33N5O2S. The number of nitrogens with one attached hydrogen (secondary N) is 2. The summed E-state index contributed by atoms with van der Waals surface area (Å²) in [6, 6.07) is 8.20. The third-order valence-corrected chi connectivity index (χ3v) is 6.57. The summed E-state index contributed by atoms with van der Waals surface area (Å²) in [5, 5.41) is 22.4. The van der Waals surface area contributed by atoms with Gasteiger partial charge in [-0.25, -0.2) is 9.50 Å². The number of fused-ring (bicyclic) bond motifs is 1. The van der Waals surface area contributed by atoms with Gasteiger partial charge in [0, 0.05) is 23.7 Å². The number of carbonyl (C=O) groups excluding carboxylic acids is 1. The fraction of sp³-hybridized carbons (Fsp3) is 0.480. The second-order valence-corrected chi connectivity index (χ2v) is 10.5. The highest BCUT2D eigenvalue weighted by atomic mass is 32.2. The van der Waals surface area contributed by atoms with Crippen LogP contribution in [0.25, 0.3) is 16.9 Å². The summed E-state index contributed by atoms with van der Waals surface area (Å²) in [4.78, 5) is 17.2. The number of hydrogen-bond donors (Lipinski definition) is 3. The minimum absolute atomic E-state index is 0.00877. The van der Waals surface area contributed by atoms with Gasteiger partial charge in [-0.1, -0.05) is 19.4 Å². The van der Waals surface area contributed by atoms with Crippen LogP contribution in [0, 0.1) is 6.92 Å². The molecule has 0 saturated heterocycles. The molecule has 2 heterocycles. The van der Waals surface area contributed by atoms with Crippen molar-refractivity contribution in [1.29, 1.82) is 0 Å². The molecule has 8 heteroatoms. The Morgan fingerprint density at radius 3 is 2.76 bits per heavy atom. The van der Waals surface area contributed by atoms with Gasteiger partial charge < -0.3 is 15.7 Å². The Morgan fingerprint density at radius 1 is 1.30 bits per heavy atom. The summed E-state index contributed by atoms with van der Waals surface area (Å²) in [5.74, 6) is 0.985. The molecule has 0 spiro atoms. The van der Waals surface area contributed by atoms with Crippen molar-refractivity contribution < 1.29 is 9.90 Å². The lowest BCUT2D eigenvalue weighted by atomic mass is 10.0. The predicted octanol–water partition coefficient (Wildman–Crippen LogP) is 4.67. The lowest BCUT2D eigenvalue weighted by Gasteiger charge is -2.19. The average molecular weight is 468 g/mol. The van der Waals surface area contributed by atoms with Gasteiger partial charge >= 0.3 is 0 Å². The summed E-state index contributed by atoms with van der Waals surface area (Å²) in [6.45, 7) is 8.09. The number of carbonyl (C=O) groups is 1. The zero-order valence-electron chi connectivity index (χ0n) is 19.8. The van der Waals surface area contributed by atoms with E-state index < -0.39 is 5.60 Å². The molecule has 0 atom stereocenters. The quantitative estimate of drug-likeness (QED) is 0.296. The highest BCUT2D eigenvalue weighted by Gasteiger charge is 2.24. The van der Waals surface area contributed by atoms with Gasteiger partial charge in [-0.2, -0.15) is 5.10 Å². The van der Waals surface area contributed by atoms with E-state index in [-0.39, 0.29) is 5.91 Å². The lowest BCUT2D eigenvalue weighted by Crippen LogP contribution is -2.29. The van der Waals surface area contributed by atoms with Gasteiger partial charge in [0.2, 0.25) is 0 Å². The van der Waals surface area contributed by atoms with Crippen LogP contribution in [-0.2, 0) is 0 Å². The van der Waals surface area contributed by atoms with Crippen LogP contribution in [0.4, 0.5) is 5.69 Å². The van der Waals surface area contributed by atoms with Crippen molar-refractivity contribution in [2.45, 2.75) is 70.0 Å². The van der Waals surface area contributed by atoms with Crippen molar-refractivity contribution >= 4 is 29.0 Å². The Bertz CT molecular complexity index is 1150. The van der Waals surface area contributed by atoms with Crippen LogP contribution in [-0.4, -0.2) is 49.6 Å². The van der Waals surface area contributed by atoms with E-state index in [0.717, 1.165) is 59.0 Å². The number of nitrogens with zero attached hydrogens (tertiary/aromatic N) is 3. The molecule has 1 aliphatic carbocycles. The first-order valence-corrected chi connectivity index (χ1v) is 12.6. The molecule has 176 valence electrons. The number of amides is 1. The van der Waals surface area contributed by atoms with Crippen LogP contribution in [0.5, 0.6) is 0 Å². The van der Waals surface area contributed by atoms with E-state index in [1.54, 1.807) is 25.6 Å². The molecule has 1 saturated carbocycles. The van der Waals surface area contributed by atoms with E-state index >= 15 is 0 Å². The topological polar surface area (TPSA) is 91.5 Å². The molecule has 4 rings (SSSR count). The number of hydrogen-bond acceptors (Lipinski definition) is 6. The monoisotopic (exact) mass is 467 g/mol. The highest BCUT2D eigenvalue weighted by Crippen LogP contribution is 2.29. The van der Waals surface area contributed by atoms with Crippen LogP contribution < -0.4 is 10.6 Å². The second kappa shape index (κ2) is 9.73. The van der Waals surface area contributed by atoms with Gasteiger partial charge in [0.25, 0.3) is 5.91 Å². The third kappa shape index (κ3) is 5.86. The van der Waals surface area contributed by atoms with Gasteiger partial charge in [0.05, 0.1) is 23.2 Å². The Hall–Kier alpha value is -2.58. The standard InChI is InChI=1S/C25H33N5O2S/c1-5-6-11-33-22-13-20(27-15-25(3,4)32)23-26-14-21(30(23)29-22)17-7-10-19(16(2)12-17)24(31)28-18-8-9-18/h7,10,12-14,18,27,32H,5-6,8-9,11,15H2,1-4H3,(H,28,31). The first-order chi connectivity index (χ1) is 15.7. The number of imidazole rings is 1. The molecule has 2 aromatic heterocycles. The largest absolute Gasteiger partial charge is 0.389 e. The first-order valence-electron chi connectivity index (χ1n) is 11.6. The number of thioether (sulfide) groups is 1. The molecule has 0 aliphatic heterocycles. The summed E-state index contributed by atoms with van der Waals surface area (Å²) in [7, 11) is 0. The smallest absolute Gasteiger partial charge is 0.251 e. The van der Waals surface area contributed by atoms with Crippen molar-refractivity contribution in [3.63, 3.8) is 0 Å². The maximum Gasteiger partial charge on any atom is 0.251 e. The van der Waals surface area contributed by atoms with E-state index in [1.165, 1.54) is 0 Å². The molecule has 0 radical (unpaired) electrons. The Kier molecular flexibility index (Phi) is 6.95. The Balaban J connectivity index is 1.69. The van der Waals surface area contributed by atoms with Crippen LogP contribution in [0.1, 0.15) is 62.4 Å². The molecule has 33 heavy (non-hydrogen) atoms. The molecular weight excluding hydrogens is 434 g/mol. The Morgan fingerprint density at radius 2 is 2.09 bits per heavy atom. The van der Waals surface area contributed by atoms with E-state index in [2.05, 4.69) is 22.5 Å². The SMILES string of the molecule is CCCCSc1cc(NCC(C)(C)O)c2ncc(-c3ccc(C(=O)NC4CC4)c(C)c3)n2n1. The van der Waals surface area contributed by atoms with Gasteiger partial charge in [0.15, 0.2) is 5.65 Å². The maximum atomic E-state index is 12.5. The maximum absolute atomic E-state index is 12.5. The predicted molar refractivity (Wildman–Crippen MR) is 134 cm³/mol. The van der Waals surface area contributed by atoms with E-state index in [1.807, 2.05) is 41.9 Å². The molecule has 1 aromatic carbocycles. The van der Waals surface area contributed by atoms with Crippen molar-refractivity contribution in [2.24, 2.45) is 0 Å². The minimum Gasteiger partial charge on any atom is -0.389 e. The van der Waals surface area contributed by atoms with Crippen molar-refractivity contribution in [3.05, 3.63) is 41.6 Å². The van der Waals surface area contributed by atoms with E-state index in [0.29, 0.717) is 23.8 Å². The van der Waals surface area contributed by atoms with Gasteiger partial charge in [-0.3, -0.25) is 4.79 Å². The molecule has 1 fully saturated rings. The summed E-state index contributed by atoms with van der Waals surface area (Å²) >= 11 is 1.72. The number of unbranched alkanes of at least 4 members (excludes halogenated alkanes) is 1. The van der Waals surface area contributed by atoms with Crippen molar-refractivity contribution in [3.8, 4) is 11.3 Å². The van der Waals surface area contributed by atoms with Crippen molar-refractivity contribution in [1.82, 2.24) is 19.9 Å². The number of aliphatic hydroxyl groups is 1. The lowest BCUT2D eigenvalue weighted by molar-refractivity contribution is 0.0940. The first kappa shape index (κ1) is 23.6. The molecule has 0 bridgehead atoms. The molecule has 1 aliphatic rings. The normalized spacial score (nSPS) is 14.0. The van der Waals surface area contributed by atoms with Gasteiger partial charge in [0.1, 0.15) is 5.03 Å². The fourth-order valence-electron chi connectivity index (χ4n) is 3.54. The zero-order valence-corrected chi connectivity index (χ0v) is 20.6. The van der Waals surface area contributed by atoms with Gasteiger partial charge in [-0.15, -0.1) is 11.8 Å². The highest BCUT2D eigenvalue weighted by molar-refractivity contribution is 7.99. The van der Waals surface area contributed by atoms with Crippen molar-refractivity contribution in [2.75, 3.05) is 17.6 Å². The van der Waals surface area contributed by atoms with E-state index in [9.17, 15) is 9.90 Å². The van der Waals surface area contributed by atoms with Crippen LogP contribution in [0.3, 0.4) is 0 Å². The molecule has 3 N–H and O–H groups in total. The number of anilines is 1. The minimum atomic E-state index is -0.848. The number of benzene rings is 1. The number of rotatable bonds is 10. The van der Waals surface area contributed by atoms with E-state index in [4.69, 9.17) is 5.10 Å². The van der Waals surface area contributed by atoms with Crippen LogP contribution in [0.2, 0.25) is 0 Å². The third-order valence-electron chi connectivity index (χ3n) is 5.58. The Labute approximate surface area is 199 Å². The molecule has 7 nitrogen and oxygen atoms in total. The summed E-state index contributed by atoms with van der Waals surface area (Å²) in [5.41, 5.74) is 4.16. The summed E-state index contributed by atoms with van der Waals surface area (Å²) in [6.07, 6.45) is 6.21. The van der Waals surface area contributed by atoms with Crippen LogP contribution in [0.15, 0.2) is 35.5 Å². The molecule has 1 amide bonds. The number of aryl methyl sites for hydroxylation is 1. The average Bonchev–Trinajstić information content (AvgIpc) is 3.47. The zero-order chi connectivity index (χ0) is 23.6. The summed E-state index contributed by atoms with van der Waals surface area (Å²) < 4.78 is 1.86. The number of aromatic nitrogens is 3. The van der Waals surface area contributed by atoms with Crippen LogP contribution >= 0.6 is 11.8 Å². The van der Waals surface area contributed by atoms with Gasteiger partial charge in [-0.05, 0) is 69.5 Å². The molecule has 3 aromatic rings. The molecule has 0 unspecified atom stereocenters. The fourth-order valence-corrected chi connectivity index (χ4v) is 4.53.